The number of amides is 1. The van der Waals surface area contributed by atoms with Crippen LogP contribution in [0.25, 0.3) is 0 Å². The number of rotatable bonds is 3. The van der Waals surface area contributed by atoms with Crippen molar-refractivity contribution < 1.29 is 14.3 Å². The molecule has 0 atom stereocenters. The summed E-state index contributed by atoms with van der Waals surface area (Å²) >= 11 is 1.94. The molecule has 1 aliphatic heterocycles. The van der Waals surface area contributed by atoms with Gasteiger partial charge in [-0.1, -0.05) is 11.8 Å². The Bertz CT molecular complexity index is 559. The molecular formula is C16H18FNO2S. The Labute approximate surface area is 128 Å². The lowest BCUT2D eigenvalue weighted by atomic mass is 10.0. The van der Waals surface area contributed by atoms with E-state index in [9.17, 15) is 9.18 Å². The van der Waals surface area contributed by atoms with E-state index in [1.54, 1.807) is 6.07 Å². The number of benzene rings is 1. The molecule has 21 heavy (non-hydrogen) atoms. The number of aliphatic hydroxyl groups excluding tert-OH is 1. The molecule has 0 aromatic heterocycles. The Morgan fingerprint density at radius 3 is 2.86 bits per heavy atom. The van der Waals surface area contributed by atoms with Crippen molar-refractivity contribution in [3.63, 3.8) is 0 Å². The summed E-state index contributed by atoms with van der Waals surface area (Å²) in [7, 11) is 0. The van der Waals surface area contributed by atoms with E-state index in [-0.39, 0.29) is 18.1 Å². The summed E-state index contributed by atoms with van der Waals surface area (Å²) in [4.78, 5) is 12.0. The topological polar surface area (TPSA) is 49.3 Å². The van der Waals surface area contributed by atoms with Gasteiger partial charge < -0.3 is 10.4 Å². The molecular weight excluding hydrogens is 289 g/mol. The van der Waals surface area contributed by atoms with Crippen LogP contribution in [0.15, 0.2) is 18.2 Å². The maximum absolute atomic E-state index is 13.9. The molecule has 2 rings (SSSR count). The van der Waals surface area contributed by atoms with E-state index >= 15 is 0 Å². The number of halogens is 1. The van der Waals surface area contributed by atoms with Gasteiger partial charge in [-0.05, 0) is 48.5 Å². The van der Waals surface area contributed by atoms with Crippen LogP contribution in [0.1, 0.15) is 28.8 Å². The van der Waals surface area contributed by atoms with Crippen LogP contribution in [0, 0.1) is 23.6 Å². The second kappa shape index (κ2) is 8.06. The molecule has 0 saturated carbocycles. The van der Waals surface area contributed by atoms with Crippen LogP contribution < -0.4 is 5.32 Å². The van der Waals surface area contributed by atoms with Crippen LogP contribution in [-0.2, 0) is 0 Å². The first-order valence-electron chi connectivity index (χ1n) is 6.96. The van der Waals surface area contributed by atoms with Gasteiger partial charge in [0.1, 0.15) is 12.4 Å². The van der Waals surface area contributed by atoms with Gasteiger partial charge in [0.25, 0.3) is 5.91 Å². The molecule has 1 saturated heterocycles. The largest absolute Gasteiger partial charge is 0.384 e. The van der Waals surface area contributed by atoms with Crippen molar-refractivity contribution >= 4 is 17.7 Å². The van der Waals surface area contributed by atoms with Gasteiger partial charge in [-0.15, -0.1) is 0 Å². The quantitative estimate of drug-likeness (QED) is 0.840. The van der Waals surface area contributed by atoms with Gasteiger partial charge in [0, 0.05) is 12.1 Å². The zero-order chi connectivity index (χ0) is 15.1. The summed E-state index contributed by atoms with van der Waals surface area (Å²) in [5.74, 6) is 6.84. The van der Waals surface area contributed by atoms with Gasteiger partial charge in [0.2, 0.25) is 0 Å². The van der Waals surface area contributed by atoms with Gasteiger partial charge in [0.15, 0.2) is 0 Å². The number of aliphatic hydroxyl groups is 1. The molecule has 1 aromatic carbocycles. The maximum atomic E-state index is 13.9. The van der Waals surface area contributed by atoms with Gasteiger partial charge in [-0.25, -0.2) is 4.39 Å². The second-order valence-electron chi connectivity index (χ2n) is 4.92. The van der Waals surface area contributed by atoms with Crippen molar-refractivity contribution in [1.29, 1.82) is 0 Å². The fourth-order valence-corrected chi connectivity index (χ4v) is 3.41. The van der Waals surface area contributed by atoms with Crippen LogP contribution in [0.4, 0.5) is 4.39 Å². The van der Waals surface area contributed by atoms with Gasteiger partial charge in [0.05, 0.1) is 5.56 Å². The lowest BCUT2D eigenvalue weighted by Crippen LogP contribution is -2.31. The molecule has 0 spiro atoms. The van der Waals surface area contributed by atoms with Crippen LogP contribution in [0.3, 0.4) is 0 Å². The summed E-state index contributed by atoms with van der Waals surface area (Å²) in [6, 6.07) is 4.23. The SMILES string of the molecule is O=C(NCC1CCSCC1)c1ccc(C#CCO)cc1F. The molecule has 0 radical (unpaired) electrons. The summed E-state index contributed by atoms with van der Waals surface area (Å²) < 4.78 is 13.9. The first kappa shape index (κ1) is 15.9. The highest BCUT2D eigenvalue weighted by atomic mass is 32.2. The Balaban J connectivity index is 1.95. The molecule has 1 fully saturated rings. The fraction of sp³-hybridized carbons (Fsp3) is 0.438. The van der Waals surface area contributed by atoms with E-state index in [0.717, 1.165) is 24.3 Å². The highest BCUT2D eigenvalue weighted by Crippen LogP contribution is 2.22. The fourth-order valence-electron chi connectivity index (χ4n) is 2.20. The van der Waals surface area contributed by atoms with Crippen LogP contribution in [0.2, 0.25) is 0 Å². The zero-order valence-corrected chi connectivity index (χ0v) is 12.5. The first-order valence-corrected chi connectivity index (χ1v) is 8.11. The van der Waals surface area contributed by atoms with Crippen molar-refractivity contribution in [2.45, 2.75) is 12.8 Å². The number of nitrogens with one attached hydrogen (secondary N) is 1. The van der Waals surface area contributed by atoms with E-state index in [4.69, 9.17) is 5.11 Å². The van der Waals surface area contributed by atoms with Crippen molar-refractivity contribution in [2.24, 2.45) is 5.92 Å². The normalized spacial score (nSPS) is 15.1. The molecule has 3 nitrogen and oxygen atoms in total. The molecule has 1 aromatic rings. The second-order valence-corrected chi connectivity index (χ2v) is 6.15. The van der Waals surface area contributed by atoms with Crippen LogP contribution in [-0.4, -0.2) is 35.7 Å². The minimum Gasteiger partial charge on any atom is -0.384 e. The van der Waals surface area contributed by atoms with E-state index in [1.165, 1.54) is 12.1 Å². The average molecular weight is 307 g/mol. The lowest BCUT2D eigenvalue weighted by molar-refractivity contribution is 0.0942. The number of thioether (sulfide) groups is 1. The molecule has 2 N–H and O–H groups in total. The number of hydrogen-bond donors (Lipinski definition) is 2. The molecule has 0 aliphatic carbocycles. The van der Waals surface area contributed by atoms with Crippen molar-refractivity contribution in [3.05, 3.63) is 35.1 Å². The zero-order valence-electron chi connectivity index (χ0n) is 11.7. The predicted molar refractivity (Wildman–Crippen MR) is 82.7 cm³/mol. The van der Waals surface area contributed by atoms with E-state index in [0.29, 0.717) is 18.0 Å². The van der Waals surface area contributed by atoms with Crippen LogP contribution in [0.5, 0.6) is 0 Å². The summed E-state index contributed by atoms with van der Waals surface area (Å²) in [6.07, 6.45) is 2.20. The number of carbonyl (C=O) groups excluding carboxylic acids is 1. The van der Waals surface area contributed by atoms with Crippen LogP contribution >= 0.6 is 11.8 Å². The van der Waals surface area contributed by atoms with Crippen molar-refractivity contribution in [1.82, 2.24) is 5.32 Å². The Morgan fingerprint density at radius 1 is 1.43 bits per heavy atom. The summed E-state index contributed by atoms with van der Waals surface area (Å²) in [5, 5.41) is 11.4. The van der Waals surface area contributed by atoms with E-state index in [2.05, 4.69) is 17.2 Å². The highest BCUT2D eigenvalue weighted by Gasteiger charge is 2.16. The Morgan fingerprint density at radius 2 is 2.19 bits per heavy atom. The summed E-state index contributed by atoms with van der Waals surface area (Å²) in [6.45, 7) is 0.328. The standard InChI is InChI=1S/C16H18FNO2S/c17-15-10-12(2-1-7-19)3-4-14(15)16(20)18-11-13-5-8-21-9-6-13/h3-4,10,13,19H,5-9,11H2,(H,18,20). The average Bonchev–Trinajstić information content (AvgIpc) is 2.51. The van der Waals surface area contributed by atoms with E-state index < -0.39 is 5.82 Å². The predicted octanol–water partition coefficient (Wildman–Crippen LogP) is 2.04. The summed E-state index contributed by atoms with van der Waals surface area (Å²) in [5.41, 5.74) is 0.483. The Kier molecular flexibility index (Phi) is 6.09. The third-order valence-corrected chi connectivity index (χ3v) is 4.47. The molecule has 1 amide bonds. The minimum absolute atomic E-state index is 0.0368. The van der Waals surface area contributed by atoms with Gasteiger partial charge in [-0.3, -0.25) is 4.79 Å². The molecule has 5 heteroatoms. The van der Waals surface area contributed by atoms with Gasteiger partial charge >= 0.3 is 0 Å². The van der Waals surface area contributed by atoms with Crippen molar-refractivity contribution in [2.75, 3.05) is 24.7 Å². The third-order valence-electron chi connectivity index (χ3n) is 3.42. The smallest absolute Gasteiger partial charge is 0.254 e. The third kappa shape index (κ3) is 4.76. The van der Waals surface area contributed by atoms with Gasteiger partial charge in [-0.2, -0.15) is 11.8 Å². The minimum atomic E-state index is -0.587. The first-order chi connectivity index (χ1) is 10.2. The molecule has 1 aliphatic rings. The molecule has 0 unspecified atom stereocenters. The maximum Gasteiger partial charge on any atom is 0.254 e. The van der Waals surface area contributed by atoms with E-state index in [1.807, 2.05) is 11.8 Å². The number of carbonyl (C=O) groups is 1. The monoisotopic (exact) mass is 307 g/mol. The lowest BCUT2D eigenvalue weighted by Gasteiger charge is -2.21. The Hall–Kier alpha value is -1.51. The van der Waals surface area contributed by atoms with Crippen molar-refractivity contribution in [3.8, 4) is 11.8 Å². The highest BCUT2D eigenvalue weighted by molar-refractivity contribution is 7.99. The molecule has 112 valence electrons. The molecule has 1 heterocycles. The molecule has 0 bridgehead atoms. The number of hydrogen-bond acceptors (Lipinski definition) is 3.